The summed E-state index contributed by atoms with van der Waals surface area (Å²) >= 11 is 0. The number of nitrogens with zero attached hydrogens (tertiary/aromatic N) is 1. The Balaban J connectivity index is 1.66. The molecule has 0 saturated heterocycles. The molecule has 3 aromatic carbocycles. The van der Waals surface area contributed by atoms with Crippen molar-refractivity contribution in [3.63, 3.8) is 0 Å². The second kappa shape index (κ2) is 9.50. The lowest BCUT2D eigenvalue weighted by atomic mass is 10.1. The van der Waals surface area contributed by atoms with Crippen LogP contribution in [-0.4, -0.2) is 34.7 Å². The number of rotatable bonds is 7. The third-order valence-electron chi connectivity index (χ3n) is 5.23. The van der Waals surface area contributed by atoms with Gasteiger partial charge in [-0.2, -0.15) is 0 Å². The number of H-pyrrole nitrogens is 1. The van der Waals surface area contributed by atoms with E-state index in [0.717, 1.165) is 0 Å². The topological polar surface area (TPSA) is 93.6 Å². The van der Waals surface area contributed by atoms with Crippen LogP contribution < -0.4 is 15.2 Å². The number of halogens is 1. The van der Waals surface area contributed by atoms with E-state index in [9.17, 15) is 19.1 Å². The smallest absolute Gasteiger partial charge is 0.330 e. The minimum absolute atomic E-state index is 0.130. The molecule has 0 unspecified atom stereocenters. The highest BCUT2D eigenvalue weighted by atomic mass is 19.1. The zero-order valence-electron chi connectivity index (χ0n) is 18.4. The number of methoxy groups -OCH3 is 2. The van der Waals surface area contributed by atoms with E-state index in [1.54, 1.807) is 54.6 Å². The molecular formula is C26H21FN2O5. The van der Waals surface area contributed by atoms with Crippen LogP contribution in [0.15, 0.2) is 77.7 Å². The van der Waals surface area contributed by atoms with Gasteiger partial charge >= 0.3 is 5.69 Å². The number of hydrogen-bond donors (Lipinski definition) is 2. The lowest BCUT2D eigenvalue weighted by Crippen LogP contribution is -2.16. The number of benzene rings is 3. The van der Waals surface area contributed by atoms with E-state index in [4.69, 9.17) is 9.47 Å². The molecule has 0 aliphatic carbocycles. The summed E-state index contributed by atoms with van der Waals surface area (Å²) in [6.07, 6.45) is 4.49. The molecule has 1 aromatic heterocycles. The predicted octanol–water partition coefficient (Wildman–Crippen LogP) is 4.59. The molecule has 172 valence electrons. The van der Waals surface area contributed by atoms with Crippen LogP contribution in [0, 0.1) is 5.82 Å². The first-order valence-corrected chi connectivity index (χ1v) is 10.3. The molecule has 0 aliphatic heterocycles. The van der Waals surface area contributed by atoms with Gasteiger partial charge in [0.15, 0.2) is 17.3 Å². The summed E-state index contributed by atoms with van der Waals surface area (Å²) in [4.78, 5) is 28.0. The zero-order valence-corrected chi connectivity index (χ0v) is 18.4. The van der Waals surface area contributed by atoms with Crippen molar-refractivity contribution >= 4 is 11.9 Å². The molecule has 0 atom stereocenters. The van der Waals surface area contributed by atoms with Gasteiger partial charge in [-0.15, -0.1) is 0 Å². The number of ketones is 1. The van der Waals surface area contributed by atoms with Gasteiger partial charge < -0.3 is 19.6 Å². The molecule has 0 saturated carbocycles. The Morgan fingerprint density at radius 1 is 1.03 bits per heavy atom. The Morgan fingerprint density at radius 2 is 1.71 bits per heavy atom. The number of carbonyl (C=O) groups is 1. The summed E-state index contributed by atoms with van der Waals surface area (Å²) in [5.74, 6) is -0.367. The highest BCUT2D eigenvalue weighted by Crippen LogP contribution is 2.37. The molecule has 0 radical (unpaired) electrons. The number of aromatic nitrogens is 2. The number of phenolic OH excluding ortho intramolecular Hbond substituents is 1. The number of aromatic amines is 1. The molecule has 1 heterocycles. The number of nitrogens with one attached hydrogen (secondary N) is 1. The Kier molecular flexibility index (Phi) is 6.31. The fourth-order valence-electron chi connectivity index (χ4n) is 3.53. The average Bonchev–Trinajstić information content (AvgIpc) is 3.24. The highest BCUT2D eigenvalue weighted by molar-refractivity contribution is 6.07. The number of carbonyl (C=O) groups excluding carboxylic acids is 1. The third kappa shape index (κ3) is 4.47. The van der Waals surface area contributed by atoms with Gasteiger partial charge in [0.2, 0.25) is 5.75 Å². The SMILES string of the molecule is COc1cc(C=CC(=O)c2cccc(-n3c(-c4ccc(F)cc4)c[nH]c3=O)c2)cc(OC)c1O. The summed E-state index contributed by atoms with van der Waals surface area (Å²) in [7, 11) is 2.84. The first-order chi connectivity index (χ1) is 16.4. The zero-order chi connectivity index (χ0) is 24.2. The third-order valence-corrected chi connectivity index (χ3v) is 5.23. The van der Waals surface area contributed by atoms with Crippen LogP contribution in [0.1, 0.15) is 15.9 Å². The van der Waals surface area contributed by atoms with Gasteiger partial charge in [0, 0.05) is 17.3 Å². The Labute approximate surface area is 194 Å². The van der Waals surface area contributed by atoms with Gasteiger partial charge in [0.25, 0.3) is 0 Å². The first-order valence-electron chi connectivity index (χ1n) is 10.3. The van der Waals surface area contributed by atoms with Gasteiger partial charge in [-0.3, -0.25) is 9.36 Å². The number of allylic oxidation sites excluding steroid dienone is 1. The van der Waals surface area contributed by atoms with Crippen molar-refractivity contribution in [1.29, 1.82) is 0 Å². The molecule has 34 heavy (non-hydrogen) atoms. The summed E-state index contributed by atoms with van der Waals surface area (Å²) in [6, 6.07) is 15.6. The number of hydrogen-bond acceptors (Lipinski definition) is 5. The molecule has 2 N–H and O–H groups in total. The molecule has 0 fully saturated rings. The number of imidazole rings is 1. The molecule has 8 heteroatoms. The molecule has 0 bridgehead atoms. The fraction of sp³-hybridized carbons (Fsp3) is 0.0769. The highest BCUT2D eigenvalue weighted by Gasteiger charge is 2.13. The van der Waals surface area contributed by atoms with Crippen LogP contribution >= 0.6 is 0 Å². The van der Waals surface area contributed by atoms with E-state index in [2.05, 4.69) is 4.98 Å². The van der Waals surface area contributed by atoms with Crippen molar-refractivity contribution in [3.8, 4) is 34.2 Å². The van der Waals surface area contributed by atoms with Crippen molar-refractivity contribution < 1.29 is 23.8 Å². The molecule has 4 rings (SSSR count). The summed E-state index contributed by atoms with van der Waals surface area (Å²) < 4.78 is 25.0. The first kappa shape index (κ1) is 22.6. The average molecular weight is 460 g/mol. The number of phenols is 1. The Hall–Kier alpha value is -4.59. The van der Waals surface area contributed by atoms with E-state index >= 15 is 0 Å². The fourth-order valence-corrected chi connectivity index (χ4v) is 3.53. The molecule has 7 nitrogen and oxygen atoms in total. The van der Waals surface area contributed by atoms with E-state index in [-0.39, 0.29) is 34.5 Å². The van der Waals surface area contributed by atoms with Crippen LogP contribution in [-0.2, 0) is 0 Å². The molecule has 0 spiro atoms. The summed E-state index contributed by atoms with van der Waals surface area (Å²) in [5, 5.41) is 10.0. The minimum Gasteiger partial charge on any atom is -0.502 e. The second-order valence-electron chi connectivity index (χ2n) is 7.34. The van der Waals surface area contributed by atoms with Crippen molar-refractivity contribution in [1.82, 2.24) is 9.55 Å². The minimum atomic E-state index is -0.386. The monoisotopic (exact) mass is 460 g/mol. The van der Waals surface area contributed by atoms with Crippen LogP contribution in [0.25, 0.3) is 23.0 Å². The molecule has 0 aliphatic rings. The molecule has 0 amide bonds. The van der Waals surface area contributed by atoms with Crippen molar-refractivity contribution in [2.45, 2.75) is 0 Å². The van der Waals surface area contributed by atoms with Gasteiger partial charge in [-0.25, -0.2) is 9.18 Å². The predicted molar refractivity (Wildman–Crippen MR) is 126 cm³/mol. The van der Waals surface area contributed by atoms with Crippen molar-refractivity contribution in [2.24, 2.45) is 0 Å². The standard InChI is InChI=1S/C26H21FN2O5/c1-33-23-12-16(13-24(34-2)25(23)31)6-11-22(30)18-4-3-5-20(14-18)29-21(15-28-26(29)32)17-7-9-19(27)10-8-17/h3-15,31H,1-2H3,(H,28,32). The maximum absolute atomic E-state index is 13.3. The van der Waals surface area contributed by atoms with Crippen LogP contribution in [0.5, 0.6) is 17.2 Å². The van der Waals surface area contributed by atoms with Crippen LogP contribution in [0.2, 0.25) is 0 Å². The molecular weight excluding hydrogens is 439 g/mol. The van der Waals surface area contributed by atoms with Crippen molar-refractivity contribution in [3.05, 3.63) is 100 Å². The number of ether oxygens (including phenoxy) is 2. The lowest BCUT2D eigenvalue weighted by Gasteiger charge is -2.09. The van der Waals surface area contributed by atoms with E-state index in [0.29, 0.717) is 28.1 Å². The lowest BCUT2D eigenvalue weighted by molar-refractivity contribution is 0.104. The van der Waals surface area contributed by atoms with Crippen LogP contribution in [0.3, 0.4) is 0 Å². The Morgan fingerprint density at radius 3 is 2.35 bits per heavy atom. The normalized spacial score (nSPS) is 11.0. The van der Waals surface area contributed by atoms with E-state index < -0.39 is 0 Å². The van der Waals surface area contributed by atoms with E-state index in [1.807, 2.05) is 0 Å². The van der Waals surface area contributed by atoms with Gasteiger partial charge in [-0.05, 0) is 60.2 Å². The van der Waals surface area contributed by atoms with Crippen LogP contribution in [0.4, 0.5) is 4.39 Å². The maximum Gasteiger partial charge on any atom is 0.330 e. The van der Waals surface area contributed by atoms with Gasteiger partial charge in [-0.1, -0.05) is 18.2 Å². The van der Waals surface area contributed by atoms with E-state index in [1.165, 1.54) is 43.2 Å². The van der Waals surface area contributed by atoms with Gasteiger partial charge in [0.1, 0.15) is 5.82 Å². The molecule has 4 aromatic rings. The summed E-state index contributed by atoms with van der Waals surface area (Å²) in [5.41, 5.74) is 2.24. The summed E-state index contributed by atoms with van der Waals surface area (Å²) in [6.45, 7) is 0. The largest absolute Gasteiger partial charge is 0.502 e. The van der Waals surface area contributed by atoms with Crippen molar-refractivity contribution in [2.75, 3.05) is 14.2 Å². The quantitative estimate of drug-likeness (QED) is 0.311. The Bertz CT molecular complexity index is 1410. The van der Waals surface area contributed by atoms with Gasteiger partial charge in [0.05, 0.1) is 25.6 Å². The maximum atomic E-state index is 13.3. The number of aromatic hydroxyl groups is 1. The second-order valence-corrected chi connectivity index (χ2v) is 7.34.